The molecule has 1 aromatic heterocycles. The highest BCUT2D eigenvalue weighted by molar-refractivity contribution is 9.11. The van der Waals surface area contributed by atoms with Gasteiger partial charge in [0.25, 0.3) is 0 Å². The number of anilines is 1. The van der Waals surface area contributed by atoms with E-state index in [1.54, 1.807) is 0 Å². The van der Waals surface area contributed by atoms with E-state index in [0.29, 0.717) is 10.6 Å². The molecular formula is C7H8BrNOS. The number of halogens is 1. The van der Waals surface area contributed by atoms with Gasteiger partial charge in [-0.1, -0.05) is 0 Å². The maximum Gasteiger partial charge on any atom is 0.163 e. The SMILES string of the molecule is CC(=O)c1c(N)sc(Br)c1C. The van der Waals surface area contributed by atoms with Gasteiger partial charge in [0.2, 0.25) is 0 Å². The molecule has 0 aromatic carbocycles. The molecule has 2 nitrogen and oxygen atoms in total. The minimum absolute atomic E-state index is 0.0296. The van der Waals surface area contributed by atoms with Gasteiger partial charge in [-0.15, -0.1) is 11.3 Å². The molecule has 1 rings (SSSR count). The van der Waals surface area contributed by atoms with Crippen molar-refractivity contribution < 1.29 is 4.79 Å². The van der Waals surface area contributed by atoms with Crippen LogP contribution < -0.4 is 5.73 Å². The largest absolute Gasteiger partial charge is 0.390 e. The molecule has 0 amide bonds. The summed E-state index contributed by atoms with van der Waals surface area (Å²) in [4.78, 5) is 11.0. The van der Waals surface area contributed by atoms with E-state index in [2.05, 4.69) is 15.9 Å². The van der Waals surface area contributed by atoms with Crippen molar-refractivity contribution in [1.29, 1.82) is 0 Å². The number of nitrogens with two attached hydrogens (primary N) is 1. The fourth-order valence-corrected chi connectivity index (χ4v) is 2.51. The van der Waals surface area contributed by atoms with Gasteiger partial charge in [0.15, 0.2) is 5.78 Å². The maximum atomic E-state index is 11.0. The van der Waals surface area contributed by atoms with Crippen molar-refractivity contribution in [2.24, 2.45) is 0 Å². The van der Waals surface area contributed by atoms with Crippen LogP contribution in [0.1, 0.15) is 22.8 Å². The third-order valence-corrected chi connectivity index (χ3v) is 3.46. The van der Waals surface area contributed by atoms with E-state index in [1.807, 2.05) is 6.92 Å². The van der Waals surface area contributed by atoms with Gasteiger partial charge in [-0.25, -0.2) is 0 Å². The fraction of sp³-hybridized carbons (Fsp3) is 0.286. The second-order valence-electron chi connectivity index (χ2n) is 2.30. The molecule has 0 aliphatic heterocycles. The molecule has 0 saturated carbocycles. The van der Waals surface area contributed by atoms with Crippen LogP contribution in [0.15, 0.2) is 3.79 Å². The van der Waals surface area contributed by atoms with Gasteiger partial charge in [-0.2, -0.15) is 0 Å². The number of nitrogen functional groups attached to an aromatic ring is 1. The Labute approximate surface area is 77.5 Å². The standard InChI is InChI=1S/C7H8BrNOS/c1-3-5(4(2)10)7(9)11-6(3)8/h9H2,1-2H3. The van der Waals surface area contributed by atoms with E-state index >= 15 is 0 Å². The smallest absolute Gasteiger partial charge is 0.163 e. The van der Waals surface area contributed by atoms with Crippen LogP contribution >= 0.6 is 27.3 Å². The number of carbonyl (C=O) groups excluding carboxylic acids is 1. The highest BCUT2D eigenvalue weighted by Crippen LogP contribution is 2.34. The van der Waals surface area contributed by atoms with Crippen LogP contribution in [-0.4, -0.2) is 5.78 Å². The lowest BCUT2D eigenvalue weighted by molar-refractivity contribution is 0.101. The van der Waals surface area contributed by atoms with Crippen LogP contribution in [0.4, 0.5) is 5.00 Å². The molecule has 2 N–H and O–H groups in total. The molecule has 1 aromatic rings. The van der Waals surface area contributed by atoms with Crippen LogP contribution in [-0.2, 0) is 0 Å². The first-order valence-corrected chi connectivity index (χ1v) is 4.70. The van der Waals surface area contributed by atoms with E-state index in [1.165, 1.54) is 18.3 Å². The van der Waals surface area contributed by atoms with E-state index < -0.39 is 0 Å². The van der Waals surface area contributed by atoms with Crippen molar-refractivity contribution in [1.82, 2.24) is 0 Å². The fourth-order valence-electron chi connectivity index (χ4n) is 0.945. The Hall–Kier alpha value is -0.350. The molecule has 11 heavy (non-hydrogen) atoms. The summed E-state index contributed by atoms with van der Waals surface area (Å²) < 4.78 is 0.945. The molecule has 0 spiro atoms. The third-order valence-electron chi connectivity index (χ3n) is 1.47. The molecule has 0 radical (unpaired) electrons. The Kier molecular flexibility index (Phi) is 2.34. The van der Waals surface area contributed by atoms with Crippen LogP contribution in [0, 0.1) is 6.92 Å². The normalized spacial score (nSPS) is 10.1. The summed E-state index contributed by atoms with van der Waals surface area (Å²) in [6.07, 6.45) is 0. The van der Waals surface area contributed by atoms with Crippen LogP contribution in [0.5, 0.6) is 0 Å². The number of Topliss-reactive ketones (excluding diaryl/α,β-unsaturated/α-hetero) is 1. The van der Waals surface area contributed by atoms with E-state index in [9.17, 15) is 4.79 Å². The summed E-state index contributed by atoms with van der Waals surface area (Å²) in [6.45, 7) is 3.41. The maximum absolute atomic E-state index is 11.0. The summed E-state index contributed by atoms with van der Waals surface area (Å²) in [6, 6.07) is 0. The third kappa shape index (κ3) is 1.46. The Morgan fingerprint density at radius 3 is 2.36 bits per heavy atom. The van der Waals surface area contributed by atoms with Gasteiger partial charge >= 0.3 is 0 Å². The molecule has 0 fully saturated rings. The highest BCUT2D eigenvalue weighted by atomic mass is 79.9. The highest BCUT2D eigenvalue weighted by Gasteiger charge is 2.13. The van der Waals surface area contributed by atoms with Crippen molar-refractivity contribution in [3.8, 4) is 0 Å². The molecule has 1 heterocycles. The first kappa shape index (κ1) is 8.74. The van der Waals surface area contributed by atoms with E-state index in [4.69, 9.17) is 5.73 Å². The average Bonchev–Trinajstić information content (AvgIpc) is 2.07. The van der Waals surface area contributed by atoms with Crippen LogP contribution in [0.2, 0.25) is 0 Å². The second-order valence-corrected chi connectivity index (χ2v) is 4.67. The van der Waals surface area contributed by atoms with Gasteiger partial charge in [0.1, 0.15) is 0 Å². The predicted octanol–water partition coefficient (Wildman–Crippen LogP) is 2.60. The quantitative estimate of drug-likeness (QED) is 0.759. The van der Waals surface area contributed by atoms with Crippen molar-refractivity contribution in [3.63, 3.8) is 0 Å². The van der Waals surface area contributed by atoms with Crippen molar-refractivity contribution >= 4 is 38.1 Å². The minimum atomic E-state index is 0.0296. The number of thiophene rings is 1. The van der Waals surface area contributed by atoms with E-state index in [-0.39, 0.29) is 5.78 Å². The van der Waals surface area contributed by atoms with Gasteiger partial charge in [-0.05, 0) is 35.3 Å². The zero-order valence-electron chi connectivity index (χ0n) is 6.27. The Morgan fingerprint density at radius 1 is 1.64 bits per heavy atom. The molecule has 0 unspecified atom stereocenters. The number of ketones is 1. The number of carbonyl (C=O) groups is 1. The van der Waals surface area contributed by atoms with Gasteiger partial charge in [-0.3, -0.25) is 4.79 Å². The van der Waals surface area contributed by atoms with Gasteiger partial charge in [0.05, 0.1) is 14.4 Å². The monoisotopic (exact) mass is 233 g/mol. The molecule has 60 valence electrons. The summed E-state index contributed by atoms with van der Waals surface area (Å²) in [7, 11) is 0. The Balaban J connectivity index is 3.34. The lowest BCUT2D eigenvalue weighted by atomic mass is 10.1. The second kappa shape index (κ2) is 2.95. The summed E-state index contributed by atoms with van der Waals surface area (Å²) >= 11 is 4.72. The molecule has 0 aliphatic carbocycles. The Morgan fingerprint density at radius 2 is 2.18 bits per heavy atom. The Bertz CT molecular complexity index is 306. The average molecular weight is 234 g/mol. The first-order chi connectivity index (χ1) is 5.04. The topological polar surface area (TPSA) is 43.1 Å². The molecule has 0 bridgehead atoms. The zero-order valence-corrected chi connectivity index (χ0v) is 8.67. The number of rotatable bonds is 1. The van der Waals surface area contributed by atoms with Gasteiger partial charge in [0, 0.05) is 0 Å². The summed E-state index contributed by atoms with van der Waals surface area (Å²) in [5.41, 5.74) is 7.21. The lowest BCUT2D eigenvalue weighted by Crippen LogP contribution is -1.96. The molecular weight excluding hydrogens is 226 g/mol. The van der Waals surface area contributed by atoms with Gasteiger partial charge < -0.3 is 5.73 Å². The van der Waals surface area contributed by atoms with Crippen LogP contribution in [0.3, 0.4) is 0 Å². The number of hydrogen-bond acceptors (Lipinski definition) is 3. The lowest BCUT2D eigenvalue weighted by Gasteiger charge is -1.93. The predicted molar refractivity (Wildman–Crippen MR) is 51.2 cm³/mol. The zero-order chi connectivity index (χ0) is 8.59. The first-order valence-electron chi connectivity index (χ1n) is 3.09. The molecule has 4 heteroatoms. The summed E-state index contributed by atoms with van der Waals surface area (Å²) in [5, 5.41) is 0.599. The van der Waals surface area contributed by atoms with Crippen LogP contribution in [0.25, 0.3) is 0 Å². The van der Waals surface area contributed by atoms with Crippen molar-refractivity contribution in [3.05, 3.63) is 14.9 Å². The molecule has 0 atom stereocenters. The number of hydrogen-bond donors (Lipinski definition) is 1. The van der Waals surface area contributed by atoms with Crippen molar-refractivity contribution in [2.45, 2.75) is 13.8 Å². The summed E-state index contributed by atoms with van der Waals surface area (Å²) in [5.74, 6) is 0.0296. The van der Waals surface area contributed by atoms with E-state index in [0.717, 1.165) is 9.35 Å². The molecule has 0 saturated heterocycles. The van der Waals surface area contributed by atoms with Crippen molar-refractivity contribution in [2.75, 3.05) is 5.73 Å². The molecule has 0 aliphatic rings. The minimum Gasteiger partial charge on any atom is -0.390 e.